The molecule has 1 unspecified atom stereocenters. The lowest BCUT2D eigenvalue weighted by Gasteiger charge is -2.35. The van der Waals surface area contributed by atoms with Crippen LogP contribution in [0, 0.1) is 11.8 Å². The van der Waals surface area contributed by atoms with Gasteiger partial charge in [0.2, 0.25) is 5.91 Å². The van der Waals surface area contributed by atoms with Crippen LogP contribution in [0.25, 0.3) is 0 Å². The first-order valence-electron chi connectivity index (χ1n) is 9.14. The molecule has 6 heteroatoms. The van der Waals surface area contributed by atoms with Gasteiger partial charge in [-0.3, -0.25) is 4.79 Å². The Hall–Kier alpha value is -1.30. The number of ether oxygens (including phenoxy) is 2. The Morgan fingerprint density at radius 2 is 1.88 bits per heavy atom. The lowest BCUT2D eigenvalue weighted by atomic mass is 9.95. The van der Waals surface area contributed by atoms with E-state index in [4.69, 9.17) is 9.47 Å². The van der Waals surface area contributed by atoms with Gasteiger partial charge in [0.25, 0.3) is 0 Å². The van der Waals surface area contributed by atoms with E-state index in [-0.39, 0.29) is 17.9 Å². The first-order chi connectivity index (χ1) is 11.3. The van der Waals surface area contributed by atoms with Crippen molar-refractivity contribution in [1.82, 2.24) is 9.80 Å². The van der Waals surface area contributed by atoms with E-state index in [0.717, 1.165) is 45.6 Å². The highest BCUT2D eigenvalue weighted by Crippen LogP contribution is 2.23. The zero-order valence-electron chi connectivity index (χ0n) is 15.5. The maximum atomic E-state index is 12.8. The molecule has 0 N–H and O–H groups in total. The molecule has 1 atom stereocenters. The molecule has 24 heavy (non-hydrogen) atoms. The molecule has 2 aliphatic rings. The highest BCUT2D eigenvalue weighted by atomic mass is 16.6. The standard InChI is InChI=1S/C18H32N2O4/c1-5-19(12-14-8-11-23-13-14)16(21)15-6-9-20(10-7-15)17(22)24-18(2,3)4/h14-15H,5-13H2,1-4H3. The van der Waals surface area contributed by atoms with E-state index in [9.17, 15) is 9.59 Å². The first kappa shape index (κ1) is 19.0. The summed E-state index contributed by atoms with van der Waals surface area (Å²) < 4.78 is 10.8. The Bertz CT molecular complexity index is 433. The summed E-state index contributed by atoms with van der Waals surface area (Å²) in [7, 11) is 0. The second-order valence-electron chi connectivity index (χ2n) is 7.85. The van der Waals surface area contributed by atoms with E-state index in [0.29, 0.717) is 19.0 Å². The van der Waals surface area contributed by atoms with E-state index in [1.807, 2.05) is 32.6 Å². The van der Waals surface area contributed by atoms with Crippen molar-refractivity contribution in [3.8, 4) is 0 Å². The van der Waals surface area contributed by atoms with Crippen molar-refractivity contribution in [2.45, 2.75) is 52.6 Å². The summed E-state index contributed by atoms with van der Waals surface area (Å²) in [5.74, 6) is 0.718. The number of nitrogens with zero attached hydrogens (tertiary/aromatic N) is 2. The second-order valence-corrected chi connectivity index (χ2v) is 7.85. The Morgan fingerprint density at radius 1 is 1.21 bits per heavy atom. The van der Waals surface area contributed by atoms with Crippen LogP contribution in [0.1, 0.15) is 47.0 Å². The van der Waals surface area contributed by atoms with Crippen LogP contribution in [0.4, 0.5) is 4.79 Å². The number of amides is 2. The first-order valence-corrected chi connectivity index (χ1v) is 9.14. The Balaban J connectivity index is 1.81. The summed E-state index contributed by atoms with van der Waals surface area (Å²) in [5.41, 5.74) is -0.480. The fourth-order valence-corrected chi connectivity index (χ4v) is 3.31. The third-order valence-corrected chi connectivity index (χ3v) is 4.69. The molecule has 0 aliphatic carbocycles. The normalized spacial score (nSPS) is 22.5. The predicted molar refractivity (Wildman–Crippen MR) is 91.7 cm³/mol. The maximum absolute atomic E-state index is 12.8. The lowest BCUT2D eigenvalue weighted by molar-refractivity contribution is -0.137. The largest absolute Gasteiger partial charge is 0.444 e. The molecule has 0 bridgehead atoms. The molecule has 2 aliphatic heterocycles. The van der Waals surface area contributed by atoms with Gasteiger partial charge in [-0.25, -0.2) is 4.79 Å². The summed E-state index contributed by atoms with van der Waals surface area (Å²) in [5, 5.41) is 0. The van der Waals surface area contributed by atoms with Gasteiger partial charge in [0.15, 0.2) is 0 Å². The molecule has 0 aromatic heterocycles. The summed E-state index contributed by atoms with van der Waals surface area (Å²) in [4.78, 5) is 28.6. The SMILES string of the molecule is CCN(CC1CCOC1)C(=O)C1CCN(C(=O)OC(C)(C)C)CC1. The van der Waals surface area contributed by atoms with Crippen LogP contribution in [0.5, 0.6) is 0 Å². The smallest absolute Gasteiger partial charge is 0.410 e. The van der Waals surface area contributed by atoms with Gasteiger partial charge in [-0.05, 0) is 47.0 Å². The molecule has 2 saturated heterocycles. The Morgan fingerprint density at radius 3 is 2.38 bits per heavy atom. The van der Waals surface area contributed by atoms with Crippen molar-refractivity contribution in [3.63, 3.8) is 0 Å². The van der Waals surface area contributed by atoms with Crippen molar-refractivity contribution in [3.05, 3.63) is 0 Å². The van der Waals surface area contributed by atoms with Gasteiger partial charge in [-0.15, -0.1) is 0 Å². The molecule has 2 fully saturated rings. The zero-order chi connectivity index (χ0) is 17.7. The highest BCUT2D eigenvalue weighted by Gasteiger charge is 2.32. The van der Waals surface area contributed by atoms with E-state index in [1.54, 1.807) is 4.90 Å². The third-order valence-electron chi connectivity index (χ3n) is 4.69. The molecule has 138 valence electrons. The van der Waals surface area contributed by atoms with Crippen molar-refractivity contribution in [2.24, 2.45) is 11.8 Å². The number of carbonyl (C=O) groups is 2. The third kappa shape index (κ3) is 5.36. The van der Waals surface area contributed by atoms with E-state index >= 15 is 0 Å². The Kier molecular flexibility index (Phi) is 6.49. The van der Waals surface area contributed by atoms with Crippen LogP contribution in [-0.2, 0) is 14.3 Å². The summed E-state index contributed by atoms with van der Waals surface area (Å²) in [6.45, 7) is 11.9. The van der Waals surface area contributed by atoms with Crippen molar-refractivity contribution >= 4 is 12.0 Å². The van der Waals surface area contributed by atoms with Gasteiger partial charge < -0.3 is 19.3 Å². The van der Waals surface area contributed by atoms with Crippen LogP contribution in [0.2, 0.25) is 0 Å². The van der Waals surface area contributed by atoms with Gasteiger partial charge in [0.1, 0.15) is 5.60 Å². The molecule has 2 amide bonds. The minimum atomic E-state index is -0.480. The fourth-order valence-electron chi connectivity index (χ4n) is 3.31. The minimum Gasteiger partial charge on any atom is -0.444 e. The van der Waals surface area contributed by atoms with Gasteiger partial charge in [0, 0.05) is 44.6 Å². The minimum absolute atomic E-state index is 0.0194. The molecule has 2 heterocycles. The number of hydrogen-bond acceptors (Lipinski definition) is 4. The molecule has 0 radical (unpaired) electrons. The van der Waals surface area contributed by atoms with Crippen LogP contribution in [0.3, 0.4) is 0 Å². The van der Waals surface area contributed by atoms with Crippen molar-refractivity contribution in [2.75, 3.05) is 39.4 Å². The molecular weight excluding hydrogens is 308 g/mol. The molecule has 0 aromatic carbocycles. The molecule has 0 aromatic rings. The summed E-state index contributed by atoms with van der Waals surface area (Å²) >= 11 is 0. The molecule has 0 spiro atoms. The van der Waals surface area contributed by atoms with E-state index in [1.165, 1.54) is 0 Å². The number of likely N-dealkylation sites (tertiary alicyclic amines) is 1. The average Bonchev–Trinajstić information content (AvgIpc) is 3.03. The fraction of sp³-hybridized carbons (Fsp3) is 0.889. The monoisotopic (exact) mass is 340 g/mol. The summed E-state index contributed by atoms with van der Waals surface area (Å²) in [6, 6.07) is 0. The van der Waals surface area contributed by atoms with Crippen molar-refractivity contribution in [1.29, 1.82) is 0 Å². The average molecular weight is 340 g/mol. The summed E-state index contributed by atoms with van der Waals surface area (Å²) in [6.07, 6.45) is 2.20. The highest BCUT2D eigenvalue weighted by molar-refractivity contribution is 5.79. The van der Waals surface area contributed by atoms with Crippen LogP contribution in [-0.4, -0.2) is 66.8 Å². The number of rotatable bonds is 4. The number of hydrogen-bond donors (Lipinski definition) is 0. The van der Waals surface area contributed by atoms with Crippen LogP contribution in [0.15, 0.2) is 0 Å². The van der Waals surface area contributed by atoms with Gasteiger partial charge >= 0.3 is 6.09 Å². The van der Waals surface area contributed by atoms with Gasteiger partial charge in [-0.2, -0.15) is 0 Å². The van der Waals surface area contributed by atoms with E-state index < -0.39 is 5.60 Å². The molecule has 2 rings (SSSR count). The predicted octanol–water partition coefficient (Wildman–Crippen LogP) is 2.52. The van der Waals surface area contributed by atoms with E-state index in [2.05, 4.69) is 0 Å². The Labute approximate surface area is 145 Å². The molecule has 0 saturated carbocycles. The second kappa shape index (κ2) is 8.19. The van der Waals surface area contributed by atoms with Gasteiger partial charge in [-0.1, -0.05) is 0 Å². The molecular formula is C18H32N2O4. The van der Waals surface area contributed by atoms with Crippen LogP contribution < -0.4 is 0 Å². The quantitative estimate of drug-likeness (QED) is 0.789. The topological polar surface area (TPSA) is 59.1 Å². The zero-order valence-corrected chi connectivity index (χ0v) is 15.5. The lowest BCUT2D eigenvalue weighted by Crippen LogP contribution is -2.46. The number of carbonyl (C=O) groups excluding carboxylic acids is 2. The van der Waals surface area contributed by atoms with Crippen LogP contribution >= 0.6 is 0 Å². The molecule has 6 nitrogen and oxygen atoms in total. The maximum Gasteiger partial charge on any atom is 0.410 e. The number of piperidine rings is 1. The van der Waals surface area contributed by atoms with Crippen molar-refractivity contribution < 1.29 is 19.1 Å². The van der Waals surface area contributed by atoms with Gasteiger partial charge in [0.05, 0.1) is 6.61 Å².